The van der Waals surface area contributed by atoms with Crippen molar-refractivity contribution in [3.63, 3.8) is 0 Å². The summed E-state index contributed by atoms with van der Waals surface area (Å²) >= 11 is 0. The van der Waals surface area contributed by atoms with E-state index in [0.717, 1.165) is 25.0 Å². The highest BCUT2D eigenvalue weighted by molar-refractivity contribution is 5.60. The van der Waals surface area contributed by atoms with E-state index < -0.39 is 22.4 Å². The molecule has 0 spiro atoms. The van der Waals surface area contributed by atoms with Crippen molar-refractivity contribution >= 4 is 11.4 Å². The second-order valence-electron chi connectivity index (χ2n) is 4.79. The minimum absolute atomic E-state index is 0.0269. The average Bonchev–Trinajstić information content (AvgIpc) is 3.22. The summed E-state index contributed by atoms with van der Waals surface area (Å²) in [6, 6.07) is 4.62. The lowest BCUT2D eigenvalue weighted by Crippen LogP contribution is -2.29. The Kier molecular flexibility index (Phi) is 4.02. The highest BCUT2D eigenvalue weighted by Gasteiger charge is 2.39. The van der Waals surface area contributed by atoms with Crippen molar-refractivity contribution in [2.24, 2.45) is 0 Å². The van der Waals surface area contributed by atoms with Crippen LogP contribution in [-0.4, -0.2) is 17.5 Å². The Balaban J connectivity index is 2.45. The van der Waals surface area contributed by atoms with E-state index in [1.807, 2.05) is 6.07 Å². The number of benzene rings is 1. The molecule has 2 rings (SSSR count). The highest BCUT2D eigenvalue weighted by atomic mass is 19.4. The molecule has 0 atom stereocenters. The molecule has 21 heavy (non-hydrogen) atoms. The van der Waals surface area contributed by atoms with E-state index in [0.29, 0.717) is 6.07 Å². The lowest BCUT2D eigenvalue weighted by molar-refractivity contribution is -0.385. The van der Waals surface area contributed by atoms with Crippen molar-refractivity contribution in [2.75, 3.05) is 11.4 Å². The maximum Gasteiger partial charge on any atom is 0.418 e. The van der Waals surface area contributed by atoms with Crippen LogP contribution in [0.2, 0.25) is 0 Å². The van der Waals surface area contributed by atoms with Crippen molar-refractivity contribution in [3.8, 4) is 6.07 Å². The Morgan fingerprint density at radius 2 is 2.10 bits per heavy atom. The van der Waals surface area contributed by atoms with E-state index in [1.54, 1.807) is 0 Å². The van der Waals surface area contributed by atoms with Crippen molar-refractivity contribution in [2.45, 2.75) is 31.5 Å². The Morgan fingerprint density at radius 3 is 2.57 bits per heavy atom. The summed E-state index contributed by atoms with van der Waals surface area (Å²) in [5.41, 5.74) is -1.71. The molecule has 5 nitrogen and oxygen atoms in total. The topological polar surface area (TPSA) is 70.2 Å². The highest BCUT2D eigenvalue weighted by Crippen LogP contribution is 2.42. The maximum atomic E-state index is 13.1. The van der Waals surface area contributed by atoms with Crippen molar-refractivity contribution in [3.05, 3.63) is 33.9 Å². The first-order chi connectivity index (χ1) is 9.84. The smallest absolute Gasteiger partial charge is 0.367 e. The fourth-order valence-electron chi connectivity index (χ4n) is 2.17. The predicted octanol–water partition coefficient (Wildman–Crippen LogP) is 3.50. The van der Waals surface area contributed by atoms with Crippen LogP contribution in [0.3, 0.4) is 0 Å². The number of hydrogen-bond donors (Lipinski definition) is 0. The number of rotatable bonds is 5. The van der Waals surface area contributed by atoms with Gasteiger partial charge in [-0.3, -0.25) is 10.1 Å². The van der Waals surface area contributed by atoms with E-state index in [4.69, 9.17) is 5.26 Å². The zero-order valence-corrected chi connectivity index (χ0v) is 10.9. The Labute approximate surface area is 118 Å². The minimum atomic E-state index is -4.68. The third-order valence-corrected chi connectivity index (χ3v) is 3.26. The van der Waals surface area contributed by atoms with Gasteiger partial charge in [0.1, 0.15) is 0 Å². The van der Waals surface area contributed by atoms with E-state index in [2.05, 4.69) is 0 Å². The van der Waals surface area contributed by atoms with Gasteiger partial charge < -0.3 is 4.90 Å². The van der Waals surface area contributed by atoms with Crippen LogP contribution in [-0.2, 0) is 6.18 Å². The zero-order chi connectivity index (χ0) is 15.6. The van der Waals surface area contributed by atoms with E-state index >= 15 is 0 Å². The van der Waals surface area contributed by atoms with Gasteiger partial charge in [-0.05, 0) is 18.9 Å². The summed E-state index contributed by atoms with van der Waals surface area (Å²) in [6.45, 7) is 0.183. The molecule has 1 fully saturated rings. The van der Waals surface area contributed by atoms with Crippen LogP contribution >= 0.6 is 0 Å². The molecule has 1 aliphatic rings. The number of halogens is 3. The zero-order valence-electron chi connectivity index (χ0n) is 10.9. The van der Waals surface area contributed by atoms with Crippen LogP contribution in [0.5, 0.6) is 0 Å². The largest absolute Gasteiger partial charge is 0.418 e. The lowest BCUT2D eigenvalue weighted by Gasteiger charge is -2.26. The summed E-state index contributed by atoms with van der Waals surface area (Å²) in [4.78, 5) is 11.3. The van der Waals surface area contributed by atoms with Gasteiger partial charge in [0.15, 0.2) is 0 Å². The lowest BCUT2D eigenvalue weighted by atomic mass is 10.1. The van der Waals surface area contributed by atoms with Crippen molar-refractivity contribution < 1.29 is 18.1 Å². The number of nitro benzene ring substituents is 1. The summed E-state index contributed by atoms with van der Waals surface area (Å²) < 4.78 is 39.4. The number of hydrogen-bond acceptors (Lipinski definition) is 4. The summed E-state index contributed by atoms with van der Waals surface area (Å²) in [6.07, 6.45) is -3.05. The first-order valence-corrected chi connectivity index (χ1v) is 6.34. The molecule has 8 heteroatoms. The summed E-state index contributed by atoms with van der Waals surface area (Å²) in [7, 11) is 0. The second-order valence-corrected chi connectivity index (χ2v) is 4.79. The van der Waals surface area contributed by atoms with E-state index in [9.17, 15) is 23.3 Å². The Morgan fingerprint density at radius 1 is 1.43 bits per heavy atom. The van der Waals surface area contributed by atoms with Gasteiger partial charge in [-0.1, -0.05) is 0 Å². The molecule has 1 aromatic carbocycles. The quantitative estimate of drug-likeness (QED) is 0.616. The molecule has 0 aliphatic heterocycles. The first-order valence-electron chi connectivity index (χ1n) is 6.34. The van der Waals surface area contributed by atoms with Gasteiger partial charge in [0.2, 0.25) is 0 Å². The number of nitro groups is 1. The second kappa shape index (κ2) is 5.60. The number of non-ortho nitro benzene ring substituents is 1. The molecule has 0 unspecified atom stereocenters. The summed E-state index contributed by atoms with van der Waals surface area (Å²) in [5.74, 6) is 0. The fourth-order valence-corrected chi connectivity index (χ4v) is 2.17. The van der Waals surface area contributed by atoms with E-state index in [-0.39, 0.29) is 24.7 Å². The van der Waals surface area contributed by atoms with Crippen LogP contribution in [0.15, 0.2) is 18.2 Å². The van der Waals surface area contributed by atoms with Gasteiger partial charge in [-0.15, -0.1) is 0 Å². The Bertz CT molecular complexity index is 591. The SMILES string of the molecule is N#CCCN(c1ccc([N+](=O)[O-])cc1C(F)(F)F)C1CC1. The molecule has 0 aromatic heterocycles. The first kappa shape index (κ1) is 15.1. The average molecular weight is 299 g/mol. The molecular formula is C13H12F3N3O2. The van der Waals surface area contributed by atoms with Crippen molar-refractivity contribution in [1.29, 1.82) is 5.26 Å². The molecular weight excluding hydrogens is 287 g/mol. The van der Waals surface area contributed by atoms with Crippen molar-refractivity contribution in [1.82, 2.24) is 0 Å². The number of alkyl halides is 3. The standard InChI is InChI=1S/C13H12F3N3O2/c14-13(15,16)11-8-10(19(20)21)4-5-12(11)18(7-1-6-17)9-2-3-9/h4-5,8-9H,1-3,7H2. The Hall–Kier alpha value is -2.30. The molecule has 0 saturated heterocycles. The van der Waals surface area contributed by atoms with Crippen LogP contribution < -0.4 is 4.90 Å². The number of anilines is 1. The molecule has 0 amide bonds. The molecule has 0 heterocycles. The van der Waals surface area contributed by atoms with Gasteiger partial charge in [0.05, 0.1) is 23.0 Å². The molecule has 1 aromatic rings. The van der Waals surface area contributed by atoms with Gasteiger partial charge in [-0.25, -0.2) is 0 Å². The van der Waals surface area contributed by atoms with Crippen LogP contribution in [0.25, 0.3) is 0 Å². The van der Waals surface area contributed by atoms with Crippen LogP contribution in [0.4, 0.5) is 24.5 Å². The molecule has 0 radical (unpaired) electrons. The van der Waals surface area contributed by atoms with Gasteiger partial charge >= 0.3 is 6.18 Å². The van der Waals surface area contributed by atoms with E-state index in [1.165, 1.54) is 4.90 Å². The van der Waals surface area contributed by atoms with Crippen LogP contribution in [0, 0.1) is 21.4 Å². The third kappa shape index (κ3) is 3.42. The predicted molar refractivity (Wildman–Crippen MR) is 68.7 cm³/mol. The molecule has 1 saturated carbocycles. The number of nitriles is 1. The molecule has 1 aliphatic carbocycles. The monoisotopic (exact) mass is 299 g/mol. The molecule has 112 valence electrons. The van der Waals surface area contributed by atoms with Gasteiger partial charge in [-0.2, -0.15) is 18.4 Å². The van der Waals surface area contributed by atoms with Gasteiger partial charge in [0, 0.05) is 30.4 Å². The summed E-state index contributed by atoms with van der Waals surface area (Å²) in [5, 5.41) is 19.3. The van der Waals surface area contributed by atoms with Gasteiger partial charge in [0.25, 0.3) is 5.69 Å². The number of nitrogens with zero attached hydrogens (tertiary/aromatic N) is 3. The molecule has 0 bridgehead atoms. The third-order valence-electron chi connectivity index (χ3n) is 3.26. The molecule has 0 N–H and O–H groups in total. The minimum Gasteiger partial charge on any atom is -0.367 e. The van der Waals surface area contributed by atoms with Crippen LogP contribution in [0.1, 0.15) is 24.8 Å². The normalized spacial score (nSPS) is 14.6. The fraction of sp³-hybridized carbons (Fsp3) is 0.462. The maximum absolute atomic E-state index is 13.1.